The number of piperidine rings is 1. The molecule has 7 heteroatoms. The monoisotopic (exact) mass is 397 g/mol. The van der Waals surface area contributed by atoms with Crippen molar-refractivity contribution in [3.63, 3.8) is 0 Å². The summed E-state index contributed by atoms with van der Waals surface area (Å²) in [6.07, 6.45) is 2.06. The number of rotatable bonds is 5. The largest absolute Gasteiger partial charge is 0.478 e. The fourth-order valence-corrected chi connectivity index (χ4v) is 3.65. The maximum atomic E-state index is 11.0. The summed E-state index contributed by atoms with van der Waals surface area (Å²) < 4.78 is 5.54. The Morgan fingerprint density at radius 2 is 1.93 bits per heavy atom. The lowest BCUT2D eigenvalue weighted by Gasteiger charge is -2.30. The molecule has 0 radical (unpaired) electrons. The van der Waals surface area contributed by atoms with Crippen molar-refractivity contribution in [3.8, 4) is 11.4 Å². The van der Waals surface area contributed by atoms with E-state index >= 15 is 0 Å². The number of hydrogen-bond donors (Lipinski definition) is 1. The van der Waals surface area contributed by atoms with E-state index in [1.165, 1.54) is 0 Å². The van der Waals surface area contributed by atoms with Gasteiger partial charge in [-0.2, -0.15) is 4.98 Å². The summed E-state index contributed by atoms with van der Waals surface area (Å²) >= 11 is 5.93. The minimum atomic E-state index is -0.905. The van der Waals surface area contributed by atoms with Gasteiger partial charge < -0.3 is 9.63 Å². The molecule has 0 bridgehead atoms. The van der Waals surface area contributed by atoms with Crippen LogP contribution in [0.3, 0.4) is 0 Å². The van der Waals surface area contributed by atoms with Gasteiger partial charge in [0.25, 0.3) is 0 Å². The van der Waals surface area contributed by atoms with Crippen LogP contribution in [0.25, 0.3) is 11.4 Å². The number of carboxylic acids is 1. The van der Waals surface area contributed by atoms with E-state index in [4.69, 9.17) is 21.2 Å². The first-order valence-corrected chi connectivity index (χ1v) is 9.60. The van der Waals surface area contributed by atoms with Crippen LogP contribution in [0.4, 0.5) is 0 Å². The molecule has 0 saturated carbocycles. The van der Waals surface area contributed by atoms with Crippen LogP contribution in [-0.4, -0.2) is 39.2 Å². The molecule has 6 nitrogen and oxygen atoms in total. The van der Waals surface area contributed by atoms with E-state index in [9.17, 15) is 4.79 Å². The van der Waals surface area contributed by atoms with Gasteiger partial charge in [-0.1, -0.05) is 28.9 Å². The van der Waals surface area contributed by atoms with Crippen LogP contribution in [0, 0.1) is 0 Å². The molecule has 28 heavy (non-hydrogen) atoms. The lowest BCUT2D eigenvalue weighted by atomic mass is 9.97. The molecule has 0 amide bonds. The van der Waals surface area contributed by atoms with Gasteiger partial charge in [-0.3, -0.25) is 4.90 Å². The molecule has 2 heterocycles. The van der Waals surface area contributed by atoms with Crippen molar-refractivity contribution in [2.45, 2.75) is 25.3 Å². The Morgan fingerprint density at radius 3 is 2.64 bits per heavy atom. The molecule has 1 unspecified atom stereocenters. The van der Waals surface area contributed by atoms with Crippen molar-refractivity contribution in [1.29, 1.82) is 0 Å². The lowest BCUT2D eigenvalue weighted by Crippen LogP contribution is -2.34. The van der Waals surface area contributed by atoms with E-state index in [0.29, 0.717) is 22.3 Å². The summed E-state index contributed by atoms with van der Waals surface area (Å²) in [4.78, 5) is 17.9. The molecule has 2 aromatic carbocycles. The van der Waals surface area contributed by atoms with Gasteiger partial charge >= 0.3 is 5.97 Å². The fraction of sp³-hybridized carbons (Fsp3) is 0.286. The van der Waals surface area contributed by atoms with Crippen LogP contribution in [0.15, 0.2) is 53.1 Å². The van der Waals surface area contributed by atoms with Gasteiger partial charge in [0.2, 0.25) is 11.7 Å². The second-order valence-electron chi connectivity index (χ2n) is 7.04. The minimum absolute atomic E-state index is 0.195. The Kier molecular flexibility index (Phi) is 5.41. The van der Waals surface area contributed by atoms with Gasteiger partial charge in [0.1, 0.15) is 0 Å². The molecular formula is C21H20ClN3O3. The Hall–Kier alpha value is -2.70. The summed E-state index contributed by atoms with van der Waals surface area (Å²) in [5, 5.41) is 13.8. The van der Waals surface area contributed by atoms with Gasteiger partial charge in [0.15, 0.2) is 0 Å². The van der Waals surface area contributed by atoms with Gasteiger partial charge in [0, 0.05) is 23.7 Å². The predicted molar refractivity (Wildman–Crippen MR) is 105 cm³/mol. The molecule has 0 spiro atoms. The summed E-state index contributed by atoms with van der Waals surface area (Å²) in [6, 6.07) is 14.4. The van der Waals surface area contributed by atoms with Gasteiger partial charge in [-0.05, 0) is 61.3 Å². The number of hydrogen-bond acceptors (Lipinski definition) is 5. The van der Waals surface area contributed by atoms with Crippen molar-refractivity contribution in [2.75, 3.05) is 13.1 Å². The average Bonchev–Trinajstić information content (AvgIpc) is 3.19. The number of nitrogens with zero attached hydrogens (tertiary/aromatic N) is 3. The minimum Gasteiger partial charge on any atom is -0.478 e. The van der Waals surface area contributed by atoms with E-state index < -0.39 is 5.97 Å². The van der Waals surface area contributed by atoms with E-state index in [1.54, 1.807) is 12.1 Å². The highest BCUT2D eigenvalue weighted by atomic mass is 35.5. The highest BCUT2D eigenvalue weighted by Gasteiger charge is 2.26. The molecule has 144 valence electrons. The van der Waals surface area contributed by atoms with Crippen LogP contribution in [0.1, 0.15) is 40.6 Å². The van der Waals surface area contributed by atoms with Crippen molar-refractivity contribution in [1.82, 2.24) is 15.0 Å². The predicted octanol–water partition coefficient (Wildman–Crippen LogP) is 4.47. The number of aromatic nitrogens is 2. The third kappa shape index (κ3) is 4.24. The molecule has 1 saturated heterocycles. The SMILES string of the molecule is O=C(O)c1ccc(CN2CCCC(c3nc(-c4ccc(Cl)cc4)no3)C2)cc1. The quantitative estimate of drug-likeness (QED) is 0.684. The fourth-order valence-electron chi connectivity index (χ4n) is 3.53. The normalized spacial score (nSPS) is 17.5. The van der Waals surface area contributed by atoms with Crippen LogP contribution >= 0.6 is 11.6 Å². The summed E-state index contributed by atoms with van der Waals surface area (Å²) in [6.45, 7) is 2.60. The highest BCUT2D eigenvalue weighted by molar-refractivity contribution is 6.30. The standard InChI is InChI=1S/C21H20ClN3O3/c22-18-9-7-15(8-10-18)19-23-20(28-24-19)17-2-1-11-25(13-17)12-14-3-5-16(6-4-14)21(26)27/h3-10,17H,1-2,11-13H2,(H,26,27). The van der Waals surface area contributed by atoms with Crippen LogP contribution in [0.5, 0.6) is 0 Å². The molecule has 1 aliphatic rings. The number of aromatic carboxylic acids is 1. The van der Waals surface area contributed by atoms with Crippen molar-refractivity contribution in [2.24, 2.45) is 0 Å². The van der Waals surface area contributed by atoms with Crippen LogP contribution in [0.2, 0.25) is 5.02 Å². The third-order valence-corrected chi connectivity index (χ3v) is 5.26. The highest BCUT2D eigenvalue weighted by Crippen LogP contribution is 2.28. The number of carboxylic acid groups (broad SMARTS) is 1. The molecule has 1 aliphatic heterocycles. The molecule has 1 atom stereocenters. The molecule has 1 fully saturated rings. The van der Waals surface area contributed by atoms with E-state index in [-0.39, 0.29) is 5.92 Å². The smallest absolute Gasteiger partial charge is 0.335 e. The van der Waals surface area contributed by atoms with Gasteiger partial charge in [-0.25, -0.2) is 4.79 Å². The number of benzene rings is 2. The molecule has 1 N–H and O–H groups in total. The Bertz CT molecular complexity index is 954. The average molecular weight is 398 g/mol. The molecule has 4 rings (SSSR count). The summed E-state index contributed by atoms with van der Waals surface area (Å²) in [5.41, 5.74) is 2.28. The van der Waals surface area contributed by atoms with Crippen LogP contribution in [-0.2, 0) is 6.54 Å². The van der Waals surface area contributed by atoms with Crippen molar-refractivity contribution < 1.29 is 14.4 Å². The Labute approximate surface area is 167 Å². The van der Waals surface area contributed by atoms with Crippen molar-refractivity contribution >= 4 is 17.6 Å². The van der Waals surface area contributed by atoms with Gasteiger partial charge in [-0.15, -0.1) is 0 Å². The topological polar surface area (TPSA) is 79.5 Å². The maximum absolute atomic E-state index is 11.0. The Balaban J connectivity index is 1.42. The maximum Gasteiger partial charge on any atom is 0.335 e. The molecule has 3 aromatic rings. The summed E-state index contributed by atoms with van der Waals surface area (Å²) in [7, 11) is 0. The second-order valence-corrected chi connectivity index (χ2v) is 7.48. The number of carbonyl (C=O) groups is 1. The second kappa shape index (κ2) is 8.12. The van der Waals surface area contributed by atoms with E-state index in [1.807, 2.05) is 36.4 Å². The molecular weight excluding hydrogens is 378 g/mol. The molecule has 0 aliphatic carbocycles. The van der Waals surface area contributed by atoms with E-state index in [0.717, 1.165) is 43.6 Å². The van der Waals surface area contributed by atoms with Crippen LogP contribution < -0.4 is 0 Å². The lowest BCUT2D eigenvalue weighted by molar-refractivity contribution is 0.0697. The summed E-state index contributed by atoms with van der Waals surface area (Å²) in [5.74, 6) is 0.530. The zero-order valence-electron chi connectivity index (χ0n) is 15.2. The first-order chi connectivity index (χ1) is 13.6. The van der Waals surface area contributed by atoms with Crippen molar-refractivity contribution in [3.05, 3.63) is 70.6 Å². The zero-order valence-corrected chi connectivity index (χ0v) is 16.0. The third-order valence-electron chi connectivity index (χ3n) is 5.01. The number of halogens is 1. The zero-order chi connectivity index (χ0) is 19.5. The first kappa shape index (κ1) is 18.7. The Morgan fingerprint density at radius 1 is 1.18 bits per heavy atom. The van der Waals surface area contributed by atoms with E-state index in [2.05, 4.69) is 15.0 Å². The van der Waals surface area contributed by atoms with Gasteiger partial charge in [0.05, 0.1) is 11.5 Å². The first-order valence-electron chi connectivity index (χ1n) is 9.22. The molecule has 1 aromatic heterocycles. The number of likely N-dealkylation sites (tertiary alicyclic amines) is 1.